The molecule has 2 aliphatic heterocycles. The van der Waals surface area contributed by atoms with Crippen LogP contribution in [0.2, 0.25) is 0 Å². The van der Waals surface area contributed by atoms with Crippen molar-refractivity contribution in [2.24, 2.45) is 0 Å². The van der Waals surface area contributed by atoms with Gasteiger partial charge in [-0.2, -0.15) is 0 Å². The van der Waals surface area contributed by atoms with Crippen LogP contribution in [0.4, 0.5) is 0 Å². The van der Waals surface area contributed by atoms with Gasteiger partial charge < -0.3 is 9.47 Å². The molecule has 132 valence electrons. The van der Waals surface area contributed by atoms with Crippen LogP contribution >= 0.6 is 0 Å². The number of piperidine rings is 1. The molecule has 2 aliphatic rings. The summed E-state index contributed by atoms with van der Waals surface area (Å²) in [4.78, 5) is 49.5. The SMILES string of the molecule is COC(Cc1ccc2c(c1)C(=O)N(C1CCC(=O)NC1=O)C2=O)OC. The first-order valence-electron chi connectivity index (χ1n) is 7.86. The Morgan fingerprint density at radius 1 is 1.12 bits per heavy atom. The van der Waals surface area contributed by atoms with Crippen molar-refractivity contribution in [3.05, 3.63) is 34.9 Å². The van der Waals surface area contributed by atoms with Crippen LogP contribution in [0, 0.1) is 0 Å². The summed E-state index contributed by atoms with van der Waals surface area (Å²) >= 11 is 0. The maximum Gasteiger partial charge on any atom is 0.262 e. The zero-order valence-corrected chi connectivity index (χ0v) is 13.9. The van der Waals surface area contributed by atoms with E-state index in [4.69, 9.17) is 9.47 Å². The third-order valence-corrected chi connectivity index (χ3v) is 4.43. The Balaban J connectivity index is 1.86. The number of rotatable bonds is 5. The Morgan fingerprint density at radius 3 is 2.44 bits per heavy atom. The number of fused-ring (bicyclic) bond motifs is 1. The molecule has 0 aromatic heterocycles. The van der Waals surface area contributed by atoms with E-state index in [0.29, 0.717) is 6.42 Å². The molecule has 0 radical (unpaired) electrons. The lowest BCUT2D eigenvalue weighted by Gasteiger charge is -2.27. The molecule has 2 heterocycles. The molecule has 1 fully saturated rings. The predicted molar refractivity (Wildman–Crippen MR) is 84.6 cm³/mol. The molecule has 1 saturated heterocycles. The molecule has 3 rings (SSSR count). The zero-order chi connectivity index (χ0) is 18.1. The fourth-order valence-electron chi connectivity index (χ4n) is 3.10. The third-order valence-electron chi connectivity index (χ3n) is 4.43. The normalized spacial score (nSPS) is 20.3. The first kappa shape index (κ1) is 17.2. The Morgan fingerprint density at radius 2 is 1.80 bits per heavy atom. The molecule has 25 heavy (non-hydrogen) atoms. The summed E-state index contributed by atoms with van der Waals surface area (Å²) in [6, 6.07) is 3.95. The van der Waals surface area contributed by atoms with Gasteiger partial charge in [0.05, 0.1) is 11.1 Å². The molecule has 0 saturated carbocycles. The minimum absolute atomic E-state index is 0.0957. The molecule has 1 atom stereocenters. The molecule has 1 unspecified atom stereocenters. The Bertz CT molecular complexity index is 756. The largest absolute Gasteiger partial charge is 0.356 e. The highest BCUT2D eigenvalue weighted by atomic mass is 16.7. The van der Waals surface area contributed by atoms with Crippen molar-refractivity contribution in [3.8, 4) is 0 Å². The van der Waals surface area contributed by atoms with Crippen molar-refractivity contribution < 1.29 is 28.7 Å². The topological polar surface area (TPSA) is 102 Å². The number of nitrogens with zero attached hydrogens (tertiary/aromatic N) is 1. The van der Waals surface area contributed by atoms with Crippen molar-refractivity contribution in [3.63, 3.8) is 0 Å². The van der Waals surface area contributed by atoms with Crippen LogP contribution < -0.4 is 5.32 Å². The second-order valence-electron chi connectivity index (χ2n) is 5.93. The van der Waals surface area contributed by atoms with Crippen LogP contribution in [0.5, 0.6) is 0 Å². The molecule has 0 spiro atoms. The summed E-state index contributed by atoms with van der Waals surface area (Å²) in [6.07, 6.45) is 0.188. The van der Waals surface area contributed by atoms with Gasteiger partial charge in [-0.3, -0.25) is 29.4 Å². The number of amides is 4. The lowest BCUT2D eigenvalue weighted by atomic mass is 10.0. The van der Waals surface area contributed by atoms with Crippen molar-refractivity contribution in [2.75, 3.05) is 14.2 Å². The van der Waals surface area contributed by atoms with E-state index in [1.807, 2.05) is 0 Å². The summed E-state index contributed by atoms with van der Waals surface area (Å²) in [5.41, 5.74) is 1.28. The van der Waals surface area contributed by atoms with Gasteiger partial charge in [0.1, 0.15) is 6.04 Å². The number of hydrogen-bond acceptors (Lipinski definition) is 6. The van der Waals surface area contributed by atoms with Crippen molar-refractivity contribution in [1.82, 2.24) is 10.2 Å². The molecular weight excluding hydrogens is 328 g/mol. The van der Waals surface area contributed by atoms with Crippen LogP contribution in [0.15, 0.2) is 18.2 Å². The number of nitrogens with one attached hydrogen (secondary N) is 1. The van der Waals surface area contributed by atoms with Gasteiger partial charge in [-0.05, 0) is 24.1 Å². The number of carbonyl (C=O) groups is 4. The summed E-state index contributed by atoms with van der Waals surface area (Å²) < 4.78 is 10.3. The monoisotopic (exact) mass is 346 g/mol. The average Bonchev–Trinajstić information content (AvgIpc) is 2.84. The molecular formula is C17H18N2O6. The van der Waals surface area contributed by atoms with Gasteiger partial charge in [0.2, 0.25) is 11.8 Å². The van der Waals surface area contributed by atoms with E-state index in [9.17, 15) is 19.2 Å². The molecule has 0 bridgehead atoms. The summed E-state index contributed by atoms with van der Waals surface area (Å²) in [5.74, 6) is -2.06. The van der Waals surface area contributed by atoms with E-state index in [1.165, 1.54) is 14.2 Å². The van der Waals surface area contributed by atoms with Crippen molar-refractivity contribution in [1.29, 1.82) is 0 Å². The summed E-state index contributed by atoms with van der Waals surface area (Å²) in [6.45, 7) is 0. The quantitative estimate of drug-likeness (QED) is 0.606. The number of carbonyl (C=O) groups excluding carboxylic acids is 4. The van der Waals surface area contributed by atoms with Crippen LogP contribution in [0.1, 0.15) is 39.1 Å². The second kappa shape index (κ2) is 6.73. The first-order valence-corrected chi connectivity index (χ1v) is 7.86. The lowest BCUT2D eigenvalue weighted by Crippen LogP contribution is -2.54. The molecule has 8 heteroatoms. The van der Waals surface area contributed by atoms with Crippen molar-refractivity contribution >= 4 is 23.6 Å². The number of ether oxygens (including phenoxy) is 2. The fraction of sp³-hybridized carbons (Fsp3) is 0.412. The Kier molecular flexibility index (Phi) is 4.65. The highest BCUT2D eigenvalue weighted by molar-refractivity contribution is 6.23. The molecule has 4 amide bonds. The van der Waals surface area contributed by atoms with E-state index in [-0.39, 0.29) is 24.0 Å². The first-order chi connectivity index (χ1) is 12.0. The molecule has 1 aromatic carbocycles. The smallest absolute Gasteiger partial charge is 0.262 e. The third kappa shape index (κ3) is 3.06. The van der Waals surface area contributed by atoms with E-state index in [1.54, 1.807) is 18.2 Å². The van der Waals surface area contributed by atoms with Gasteiger partial charge in [-0.15, -0.1) is 0 Å². The molecule has 1 aromatic rings. The summed E-state index contributed by atoms with van der Waals surface area (Å²) in [5, 5.41) is 2.17. The van der Waals surface area contributed by atoms with Crippen LogP contribution in [-0.2, 0) is 25.5 Å². The second-order valence-corrected chi connectivity index (χ2v) is 5.93. The maximum absolute atomic E-state index is 12.7. The Labute approximate surface area is 144 Å². The van der Waals surface area contributed by atoms with Gasteiger partial charge >= 0.3 is 0 Å². The van der Waals surface area contributed by atoms with Crippen LogP contribution in [0.25, 0.3) is 0 Å². The minimum Gasteiger partial charge on any atom is -0.356 e. The van der Waals surface area contributed by atoms with Crippen molar-refractivity contribution in [2.45, 2.75) is 31.6 Å². The van der Waals surface area contributed by atoms with Crippen LogP contribution in [0.3, 0.4) is 0 Å². The minimum atomic E-state index is -0.959. The van der Waals surface area contributed by atoms with Gasteiger partial charge in [-0.1, -0.05) is 6.07 Å². The van der Waals surface area contributed by atoms with Gasteiger partial charge in [-0.25, -0.2) is 0 Å². The van der Waals surface area contributed by atoms with Crippen LogP contribution in [-0.4, -0.2) is 55.1 Å². The molecule has 1 N–H and O–H groups in total. The standard InChI is InChI=1S/C17H18N2O6/c1-24-14(25-2)8-9-3-4-10-11(7-9)17(23)19(16(10)22)12-5-6-13(20)18-15(12)21/h3-4,7,12,14H,5-6,8H2,1-2H3,(H,18,20,21). The summed E-state index contributed by atoms with van der Waals surface area (Å²) in [7, 11) is 3.03. The number of imide groups is 2. The molecule has 0 aliphatic carbocycles. The zero-order valence-electron chi connectivity index (χ0n) is 13.9. The fourth-order valence-corrected chi connectivity index (χ4v) is 3.10. The number of hydrogen-bond donors (Lipinski definition) is 1. The lowest BCUT2D eigenvalue weighted by molar-refractivity contribution is -0.136. The van der Waals surface area contributed by atoms with Gasteiger partial charge in [0.15, 0.2) is 6.29 Å². The number of benzene rings is 1. The molecule has 8 nitrogen and oxygen atoms in total. The van der Waals surface area contributed by atoms with E-state index in [0.717, 1.165) is 10.5 Å². The Hall–Kier alpha value is -2.58. The maximum atomic E-state index is 12.7. The highest BCUT2D eigenvalue weighted by Crippen LogP contribution is 2.28. The average molecular weight is 346 g/mol. The predicted octanol–water partition coefficient (Wildman–Crippen LogP) is 0.249. The van der Waals surface area contributed by atoms with Gasteiger partial charge in [0.25, 0.3) is 11.8 Å². The number of methoxy groups -OCH3 is 2. The van der Waals surface area contributed by atoms with Gasteiger partial charge in [0, 0.05) is 27.1 Å². The highest BCUT2D eigenvalue weighted by Gasteiger charge is 2.44. The van der Waals surface area contributed by atoms with E-state index < -0.39 is 36.0 Å². The van der Waals surface area contributed by atoms with E-state index >= 15 is 0 Å². The van der Waals surface area contributed by atoms with E-state index in [2.05, 4.69) is 5.32 Å².